The van der Waals surface area contributed by atoms with Crippen LogP contribution in [0.4, 0.5) is 0 Å². The SMILES string of the molecule is Cc1ccc(OCC(=O)N(Cc2ccccc2)[C@H](C)C(=O)NC(C)(C)C)c(C)c1. The molecule has 1 atom stereocenters. The Balaban J connectivity index is 2.16. The molecule has 2 aromatic carbocycles. The molecule has 0 aliphatic rings. The molecule has 5 nitrogen and oxygen atoms in total. The molecule has 0 spiro atoms. The van der Waals surface area contributed by atoms with Crippen LogP contribution in [0.1, 0.15) is 44.4 Å². The molecule has 29 heavy (non-hydrogen) atoms. The van der Waals surface area contributed by atoms with E-state index < -0.39 is 6.04 Å². The van der Waals surface area contributed by atoms with Gasteiger partial charge in [0.05, 0.1) is 0 Å². The Kier molecular flexibility index (Phi) is 7.43. The Morgan fingerprint density at radius 1 is 1.07 bits per heavy atom. The van der Waals surface area contributed by atoms with E-state index in [2.05, 4.69) is 5.32 Å². The Hall–Kier alpha value is -2.82. The van der Waals surface area contributed by atoms with Gasteiger partial charge in [-0.1, -0.05) is 48.0 Å². The molecule has 0 aliphatic carbocycles. The molecule has 0 saturated carbocycles. The standard InChI is InChI=1S/C24H32N2O3/c1-17-12-13-21(18(2)14-17)29-16-22(27)26(15-20-10-8-7-9-11-20)19(3)23(28)25-24(4,5)6/h7-14,19H,15-16H2,1-6H3,(H,25,28)/t19-/m1/s1. The van der Waals surface area contributed by atoms with Crippen molar-refractivity contribution in [1.82, 2.24) is 10.2 Å². The van der Waals surface area contributed by atoms with E-state index in [0.717, 1.165) is 16.7 Å². The van der Waals surface area contributed by atoms with Gasteiger partial charge < -0.3 is 15.0 Å². The summed E-state index contributed by atoms with van der Waals surface area (Å²) in [6, 6.07) is 14.9. The smallest absolute Gasteiger partial charge is 0.261 e. The molecule has 2 amide bonds. The van der Waals surface area contributed by atoms with E-state index in [4.69, 9.17) is 4.74 Å². The zero-order valence-electron chi connectivity index (χ0n) is 18.3. The fraction of sp³-hybridized carbons (Fsp3) is 0.417. The molecule has 2 aromatic rings. The molecule has 0 bridgehead atoms. The van der Waals surface area contributed by atoms with Crippen LogP contribution in [0, 0.1) is 13.8 Å². The van der Waals surface area contributed by atoms with Gasteiger partial charge in [-0.05, 0) is 58.7 Å². The number of carbonyl (C=O) groups excluding carboxylic acids is 2. The normalized spacial score (nSPS) is 12.2. The van der Waals surface area contributed by atoms with Gasteiger partial charge in [0.1, 0.15) is 11.8 Å². The van der Waals surface area contributed by atoms with Crippen LogP contribution in [-0.4, -0.2) is 34.9 Å². The first kappa shape index (κ1) is 22.5. The second kappa shape index (κ2) is 9.59. The fourth-order valence-electron chi connectivity index (χ4n) is 3.02. The number of hydrogen-bond donors (Lipinski definition) is 1. The van der Waals surface area contributed by atoms with Crippen molar-refractivity contribution in [3.05, 3.63) is 65.2 Å². The highest BCUT2D eigenvalue weighted by Gasteiger charge is 2.28. The van der Waals surface area contributed by atoms with Crippen LogP contribution in [0.2, 0.25) is 0 Å². The van der Waals surface area contributed by atoms with Crippen molar-refractivity contribution in [3.63, 3.8) is 0 Å². The lowest BCUT2D eigenvalue weighted by Gasteiger charge is -2.31. The quantitative estimate of drug-likeness (QED) is 0.769. The van der Waals surface area contributed by atoms with Crippen LogP contribution in [0.5, 0.6) is 5.75 Å². The lowest BCUT2D eigenvalue weighted by Crippen LogP contribution is -2.53. The lowest BCUT2D eigenvalue weighted by molar-refractivity contribution is -0.142. The molecule has 0 saturated heterocycles. The summed E-state index contributed by atoms with van der Waals surface area (Å²) < 4.78 is 5.78. The number of carbonyl (C=O) groups is 2. The first-order chi connectivity index (χ1) is 13.6. The van der Waals surface area contributed by atoms with Gasteiger partial charge in [0, 0.05) is 12.1 Å². The number of hydrogen-bond acceptors (Lipinski definition) is 3. The summed E-state index contributed by atoms with van der Waals surface area (Å²) >= 11 is 0. The van der Waals surface area contributed by atoms with E-state index in [-0.39, 0.29) is 24.0 Å². The number of nitrogens with zero attached hydrogens (tertiary/aromatic N) is 1. The molecule has 0 aromatic heterocycles. The molecular formula is C24H32N2O3. The third-order valence-corrected chi connectivity index (χ3v) is 4.54. The van der Waals surface area contributed by atoms with E-state index in [1.54, 1.807) is 11.8 Å². The topological polar surface area (TPSA) is 58.6 Å². The largest absolute Gasteiger partial charge is 0.483 e. The first-order valence-corrected chi connectivity index (χ1v) is 9.92. The molecule has 0 fully saturated rings. The van der Waals surface area contributed by atoms with Crippen LogP contribution in [0.15, 0.2) is 48.5 Å². The maximum absolute atomic E-state index is 13.0. The Morgan fingerprint density at radius 2 is 1.72 bits per heavy atom. The molecule has 1 N–H and O–H groups in total. The highest BCUT2D eigenvalue weighted by molar-refractivity contribution is 5.88. The summed E-state index contributed by atoms with van der Waals surface area (Å²) in [4.78, 5) is 27.3. The number of rotatable bonds is 7. The zero-order valence-corrected chi connectivity index (χ0v) is 18.3. The summed E-state index contributed by atoms with van der Waals surface area (Å²) in [5.41, 5.74) is 2.70. The maximum Gasteiger partial charge on any atom is 0.261 e. The minimum Gasteiger partial charge on any atom is -0.483 e. The van der Waals surface area contributed by atoms with Crippen LogP contribution in [0.3, 0.4) is 0 Å². The highest BCUT2D eigenvalue weighted by atomic mass is 16.5. The van der Waals surface area contributed by atoms with E-state index >= 15 is 0 Å². The minimum absolute atomic E-state index is 0.121. The van der Waals surface area contributed by atoms with E-state index in [1.807, 2.05) is 83.1 Å². The number of amides is 2. The molecule has 156 valence electrons. The van der Waals surface area contributed by atoms with Gasteiger partial charge >= 0.3 is 0 Å². The Bertz CT molecular complexity index is 841. The molecular weight excluding hydrogens is 364 g/mol. The van der Waals surface area contributed by atoms with E-state index in [9.17, 15) is 9.59 Å². The maximum atomic E-state index is 13.0. The van der Waals surface area contributed by atoms with Crippen LogP contribution in [-0.2, 0) is 16.1 Å². The molecule has 2 rings (SSSR count). The van der Waals surface area contributed by atoms with Crippen LogP contribution >= 0.6 is 0 Å². The van der Waals surface area contributed by atoms with E-state index in [0.29, 0.717) is 12.3 Å². The van der Waals surface area contributed by atoms with Gasteiger partial charge in [0.2, 0.25) is 5.91 Å². The highest BCUT2D eigenvalue weighted by Crippen LogP contribution is 2.19. The summed E-state index contributed by atoms with van der Waals surface area (Å²) in [5, 5.41) is 2.96. The number of ether oxygens (including phenoxy) is 1. The van der Waals surface area contributed by atoms with Crippen molar-refractivity contribution in [2.75, 3.05) is 6.61 Å². The summed E-state index contributed by atoms with van der Waals surface area (Å²) in [7, 11) is 0. The molecule has 0 heterocycles. The minimum atomic E-state index is -0.621. The average molecular weight is 397 g/mol. The number of nitrogens with one attached hydrogen (secondary N) is 1. The lowest BCUT2D eigenvalue weighted by atomic mass is 10.1. The first-order valence-electron chi connectivity index (χ1n) is 9.92. The van der Waals surface area contributed by atoms with Gasteiger partial charge in [0.25, 0.3) is 5.91 Å². The van der Waals surface area contributed by atoms with Crippen molar-refractivity contribution in [2.24, 2.45) is 0 Å². The van der Waals surface area contributed by atoms with Crippen LogP contribution < -0.4 is 10.1 Å². The number of aryl methyl sites for hydroxylation is 2. The molecule has 0 radical (unpaired) electrons. The van der Waals surface area contributed by atoms with Crippen molar-refractivity contribution in [1.29, 1.82) is 0 Å². The van der Waals surface area contributed by atoms with Crippen molar-refractivity contribution < 1.29 is 14.3 Å². The van der Waals surface area contributed by atoms with Gasteiger partial charge in [-0.3, -0.25) is 9.59 Å². The van der Waals surface area contributed by atoms with Gasteiger partial charge in [0.15, 0.2) is 6.61 Å². The molecule has 5 heteroatoms. The number of benzene rings is 2. The van der Waals surface area contributed by atoms with Crippen molar-refractivity contribution in [3.8, 4) is 5.75 Å². The molecule has 0 aliphatic heterocycles. The van der Waals surface area contributed by atoms with E-state index in [1.165, 1.54) is 0 Å². The van der Waals surface area contributed by atoms with Gasteiger partial charge in [-0.15, -0.1) is 0 Å². The predicted octanol–water partition coefficient (Wildman–Crippen LogP) is 4.01. The monoisotopic (exact) mass is 396 g/mol. The third-order valence-electron chi connectivity index (χ3n) is 4.54. The summed E-state index contributed by atoms with van der Waals surface area (Å²) in [6.45, 7) is 11.7. The third kappa shape index (κ3) is 6.93. The Labute approximate surface area is 174 Å². The van der Waals surface area contributed by atoms with Crippen molar-refractivity contribution >= 4 is 11.8 Å². The zero-order chi connectivity index (χ0) is 21.6. The predicted molar refractivity (Wildman–Crippen MR) is 116 cm³/mol. The second-order valence-corrected chi connectivity index (χ2v) is 8.48. The second-order valence-electron chi connectivity index (χ2n) is 8.48. The Morgan fingerprint density at radius 3 is 2.31 bits per heavy atom. The fourth-order valence-corrected chi connectivity index (χ4v) is 3.02. The van der Waals surface area contributed by atoms with Gasteiger partial charge in [-0.2, -0.15) is 0 Å². The summed E-state index contributed by atoms with van der Waals surface area (Å²) in [6.07, 6.45) is 0. The van der Waals surface area contributed by atoms with Crippen LogP contribution in [0.25, 0.3) is 0 Å². The van der Waals surface area contributed by atoms with Crippen molar-refractivity contribution in [2.45, 2.75) is 59.7 Å². The average Bonchev–Trinajstić information content (AvgIpc) is 2.64. The van der Waals surface area contributed by atoms with Gasteiger partial charge in [-0.25, -0.2) is 0 Å². The molecule has 0 unspecified atom stereocenters. The summed E-state index contributed by atoms with van der Waals surface area (Å²) in [5.74, 6) is 0.258.